The fraction of sp³-hybridized carbons (Fsp3) is 0.217. The van der Waals surface area contributed by atoms with Gasteiger partial charge in [0.25, 0.3) is 5.91 Å². The standard InChI is InChI=1S/C23H23N3O2/c1-2-28-22-10-6-5-9-20(22)25-19-11-13-24-21(15-19)23(27)26-14-12-17-7-3-4-8-18(17)16-26/h3-11,13,15H,2,12,14,16H2,1H3,(H,24,25). The Morgan fingerprint density at radius 2 is 1.89 bits per heavy atom. The number of hydrogen-bond donors (Lipinski definition) is 1. The van der Waals surface area contributed by atoms with E-state index in [-0.39, 0.29) is 5.91 Å². The van der Waals surface area contributed by atoms with Crippen LogP contribution in [0.3, 0.4) is 0 Å². The number of fused-ring (bicyclic) bond motifs is 1. The Morgan fingerprint density at radius 3 is 2.75 bits per heavy atom. The number of ether oxygens (including phenoxy) is 1. The molecule has 0 fully saturated rings. The van der Waals surface area contributed by atoms with Crippen molar-refractivity contribution in [1.29, 1.82) is 0 Å². The summed E-state index contributed by atoms with van der Waals surface area (Å²) in [6.45, 7) is 3.88. The Kier molecular flexibility index (Phi) is 5.24. The van der Waals surface area contributed by atoms with E-state index in [1.807, 2.05) is 54.3 Å². The summed E-state index contributed by atoms with van der Waals surface area (Å²) in [6, 6.07) is 19.7. The van der Waals surface area contributed by atoms with E-state index in [1.165, 1.54) is 11.1 Å². The molecule has 1 aliphatic rings. The smallest absolute Gasteiger partial charge is 0.272 e. The molecular weight excluding hydrogens is 350 g/mol. The molecule has 1 aromatic heterocycles. The lowest BCUT2D eigenvalue weighted by atomic mass is 10.00. The zero-order chi connectivity index (χ0) is 19.3. The van der Waals surface area contributed by atoms with E-state index >= 15 is 0 Å². The lowest BCUT2D eigenvalue weighted by Gasteiger charge is -2.28. The molecular formula is C23H23N3O2. The fourth-order valence-corrected chi connectivity index (χ4v) is 3.46. The minimum absolute atomic E-state index is 0.0451. The van der Waals surface area contributed by atoms with E-state index in [2.05, 4.69) is 22.4 Å². The highest BCUT2D eigenvalue weighted by Gasteiger charge is 2.22. The molecule has 1 aliphatic heterocycles. The van der Waals surface area contributed by atoms with Crippen molar-refractivity contribution in [1.82, 2.24) is 9.88 Å². The third-order valence-electron chi connectivity index (χ3n) is 4.86. The van der Waals surface area contributed by atoms with Gasteiger partial charge in [0.1, 0.15) is 11.4 Å². The van der Waals surface area contributed by atoms with Crippen molar-refractivity contribution in [2.75, 3.05) is 18.5 Å². The average molecular weight is 373 g/mol. The first-order valence-electron chi connectivity index (χ1n) is 9.55. The maximum Gasteiger partial charge on any atom is 0.272 e. The summed E-state index contributed by atoms with van der Waals surface area (Å²) in [5.74, 6) is 0.735. The molecule has 5 nitrogen and oxygen atoms in total. The molecule has 3 aromatic rings. The van der Waals surface area contributed by atoms with Crippen LogP contribution < -0.4 is 10.1 Å². The van der Waals surface area contributed by atoms with Gasteiger partial charge in [-0.1, -0.05) is 36.4 Å². The lowest BCUT2D eigenvalue weighted by Crippen LogP contribution is -2.36. The topological polar surface area (TPSA) is 54.5 Å². The highest BCUT2D eigenvalue weighted by molar-refractivity contribution is 5.93. The summed E-state index contributed by atoms with van der Waals surface area (Å²) in [6.07, 6.45) is 2.54. The Bertz CT molecular complexity index is 987. The van der Waals surface area contributed by atoms with Crippen LogP contribution in [-0.2, 0) is 13.0 Å². The van der Waals surface area contributed by atoms with Gasteiger partial charge in [0.15, 0.2) is 0 Å². The van der Waals surface area contributed by atoms with Crippen molar-refractivity contribution in [2.24, 2.45) is 0 Å². The quantitative estimate of drug-likeness (QED) is 0.719. The second-order valence-electron chi connectivity index (χ2n) is 6.73. The maximum absolute atomic E-state index is 13.0. The highest BCUT2D eigenvalue weighted by Crippen LogP contribution is 2.28. The van der Waals surface area contributed by atoms with Crippen molar-refractivity contribution in [3.8, 4) is 5.75 Å². The second kappa shape index (κ2) is 8.13. The average Bonchev–Trinajstić information content (AvgIpc) is 2.75. The number of nitrogens with zero attached hydrogens (tertiary/aromatic N) is 2. The number of benzene rings is 2. The van der Waals surface area contributed by atoms with Crippen molar-refractivity contribution in [3.63, 3.8) is 0 Å². The molecule has 0 radical (unpaired) electrons. The molecule has 0 bridgehead atoms. The minimum Gasteiger partial charge on any atom is -0.492 e. The lowest BCUT2D eigenvalue weighted by molar-refractivity contribution is 0.0729. The Morgan fingerprint density at radius 1 is 1.11 bits per heavy atom. The monoisotopic (exact) mass is 373 g/mol. The Hall–Kier alpha value is -3.34. The molecule has 0 unspecified atom stereocenters. The van der Waals surface area contributed by atoms with Gasteiger partial charge < -0.3 is 15.0 Å². The normalized spacial score (nSPS) is 13.0. The maximum atomic E-state index is 13.0. The van der Waals surface area contributed by atoms with Crippen LogP contribution in [-0.4, -0.2) is 28.9 Å². The van der Waals surface area contributed by atoms with Crippen LogP contribution in [0.25, 0.3) is 0 Å². The SMILES string of the molecule is CCOc1ccccc1Nc1ccnc(C(=O)N2CCc3ccccc3C2)c1. The van der Waals surface area contributed by atoms with Gasteiger partial charge in [-0.3, -0.25) is 9.78 Å². The Labute approximate surface area is 165 Å². The molecule has 1 amide bonds. The molecule has 142 valence electrons. The van der Waals surface area contributed by atoms with Crippen molar-refractivity contribution in [2.45, 2.75) is 19.9 Å². The first-order valence-corrected chi connectivity index (χ1v) is 9.55. The summed E-state index contributed by atoms with van der Waals surface area (Å²) in [5, 5.41) is 3.34. The summed E-state index contributed by atoms with van der Waals surface area (Å²) >= 11 is 0. The van der Waals surface area contributed by atoms with Crippen LogP contribution in [0.1, 0.15) is 28.5 Å². The first-order chi connectivity index (χ1) is 13.7. The number of rotatable bonds is 5. The van der Waals surface area contributed by atoms with Gasteiger partial charge in [-0.2, -0.15) is 0 Å². The number of carbonyl (C=O) groups excluding carboxylic acids is 1. The van der Waals surface area contributed by atoms with E-state index in [0.717, 1.165) is 23.5 Å². The number of hydrogen-bond acceptors (Lipinski definition) is 4. The minimum atomic E-state index is -0.0451. The number of pyridine rings is 1. The van der Waals surface area contributed by atoms with Crippen LogP contribution >= 0.6 is 0 Å². The molecule has 2 aromatic carbocycles. The molecule has 4 rings (SSSR count). The number of anilines is 2. The van der Waals surface area contributed by atoms with Crippen LogP contribution in [0.2, 0.25) is 0 Å². The van der Waals surface area contributed by atoms with Gasteiger partial charge in [0, 0.05) is 25.0 Å². The van der Waals surface area contributed by atoms with Crippen LogP contribution in [0, 0.1) is 0 Å². The highest BCUT2D eigenvalue weighted by atomic mass is 16.5. The molecule has 0 aliphatic carbocycles. The molecule has 28 heavy (non-hydrogen) atoms. The van der Waals surface area contributed by atoms with Gasteiger partial charge >= 0.3 is 0 Å². The summed E-state index contributed by atoms with van der Waals surface area (Å²) < 4.78 is 5.66. The molecule has 0 saturated carbocycles. The predicted molar refractivity (Wildman–Crippen MR) is 110 cm³/mol. The number of aromatic nitrogens is 1. The van der Waals surface area contributed by atoms with Crippen LogP contribution in [0.5, 0.6) is 5.75 Å². The number of nitrogens with one attached hydrogen (secondary N) is 1. The van der Waals surface area contributed by atoms with Crippen LogP contribution in [0.4, 0.5) is 11.4 Å². The zero-order valence-corrected chi connectivity index (χ0v) is 15.9. The summed E-state index contributed by atoms with van der Waals surface area (Å²) in [5.41, 5.74) is 4.64. The molecule has 1 N–H and O–H groups in total. The number of carbonyl (C=O) groups is 1. The molecule has 0 atom stereocenters. The second-order valence-corrected chi connectivity index (χ2v) is 6.73. The molecule has 0 saturated heterocycles. The van der Waals surface area contributed by atoms with Crippen molar-refractivity contribution < 1.29 is 9.53 Å². The van der Waals surface area contributed by atoms with E-state index in [0.29, 0.717) is 25.4 Å². The zero-order valence-electron chi connectivity index (χ0n) is 15.9. The predicted octanol–water partition coefficient (Wildman–Crippen LogP) is 4.42. The van der Waals surface area contributed by atoms with Gasteiger partial charge in [-0.15, -0.1) is 0 Å². The van der Waals surface area contributed by atoms with Gasteiger partial charge in [0.05, 0.1) is 12.3 Å². The third-order valence-corrected chi connectivity index (χ3v) is 4.86. The van der Waals surface area contributed by atoms with Crippen molar-refractivity contribution >= 4 is 17.3 Å². The summed E-state index contributed by atoms with van der Waals surface area (Å²) in [4.78, 5) is 19.2. The van der Waals surface area contributed by atoms with Crippen molar-refractivity contribution in [3.05, 3.63) is 83.7 Å². The van der Waals surface area contributed by atoms with Gasteiger partial charge in [0.2, 0.25) is 0 Å². The van der Waals surface area contributed by atoms with E-state index in [4.69, 9.17) is 4.74 Å². The first kappa shape index (κ1) is 18.0. The van der Waals surface area contributed by atoms with Crippen LogP contribution in [0.15, 0.2) is 66.9 Å². The largest absolute Gasteiger partial charge is 0.492 e. The number of para-hydroxylation sites is 2. The fourth-order valence-electron chi connectivity index (χ4n) is 3.46. The van der Waals surface area contributed by atoms with E-state index in [9.17, 15) is 4.79 Å². The number of amides is 1. The van der Waals surface area contributed by atoms with Gasteiger partial charge in [-0.05, 0) is 48.7 Å². The Balaban J connectivity index is 1.52. The van der Waals surface area contributed by atoms with E-state index in [1.54, 1.807) is 12.3 Å². The summed E-state index contributed by atoms with van der Waals surface area (Å²) in [7, 11) is 0. The third kappa shape index (κ3) is 3.83. The molecule has 5 heteroatoms. The van der Waals surface area contributed by atoms with E-state index < -0.39 is 0 Å². The van der Waals surface area contributed by atoms with Gasteiger partial charge in [-0.25, -0.2) is 0 Å². The molecule has 2 heterocycles. The molecule has 0 spiro atoms.